The van der Waals surface area contributed by atoms with Crippen LogP contribution in [0.3, 0.4) is 0 Å². The third-order valence-corrected chi connectivity index (χ3v) is 2.98. The van der Waals surface area contributed by atoms with Crippen LogP contribution < -0.4 is 10.3 Å². The van der Waals surface area contributed by atoms with E-state index in [1.54, 1.807) is 36.7 Å². The van der Waals surface area contributed by atoms with Crippen LogP contribution in [0.1, 0.15) is 0 Å². The van der Waals surface area contributed by atoms with E-state index in [1.165, 1.54) is 16.8 Å². The lowest BCUT2D eigenvalue weighted by molar-refractivity contribution is 0.287. The highest BCUT2D eigenvalue weighted by atomic mass is 19.1. The summed E-state index contributed by atoms with van der Waals surface area (Å²) < 4.78 is 19.7. The maximum atomic E-state index is 13.0. The number of pyridine rings is 1. The average Bonchev–Trinajstić information content (AvgIpc) is 2.50. The Kier molecular flexibility index (Phi) is 3.59. The third kappa shape index (κ3) is 2.89. The van der Waals surface area contributed by atoms with E-state index in [9.17, 15) is 9.18 Å². The molecule has 5 nitrogen and oxygen atoms in total. The van der Waals surface area contributed by atoms with Crippen molar-refractivity contribution in [1.29, 1.82) is 0 Å². The van der Waals surface area contributed by atoms with Crippen molar-refractivity contribution in [3.8, 4) is 5.75 Å². The van der Waals surface area contributed by atoms with Gasteiger partial charge in [0.05, 0.1) is 12.7 Å². The van der Waals surface area contributed by atoms with Gasteiger partial charge in [0, 0.05) is 17.6 Å². The molecular weight excluding hydrogens is 273 g/mol. The van der Waals surface area contributed by atoms with Gasteiger partial charge < -0.3 is 4.74 Å². The van der Waals surface area contributed by atoms with E-state index >= 15 is 0 Å². The molecule has 0 radical (unpaired) electrons. The van der Waals surface area contributed by atoms with E-state index < -0.39 is 0 Å². The Morgan fingerprint density at radius 3 is 3.00 bits per heavy atom. The van der Waals surface area contributed by atoms with Crippen LogP contribution in [0.2, 0.25) is 0 Å². The molecule has 0 unspecified atom stereocenters. The maximum Gasteiger partial charge on any atom is 0.293 e. The zero-order valence-electron chi connectivity index (χ0n) is 11.1. The SMILES string of the molecule is O=c1c2ncccc2cnn1CCOc1cccc(F)c1. The predicted octanol–water partition coefficient (Wildman–Crippen LogP) is 2.01. The minimum atomic E-state index is -0.363. The molecule has 0 aliphatic carbocycles. The first-order chi connectivity index (χ1) is 10.2. The minimum Gasteiger partial charge on any atom is -0.492 e. The van der Waals surface area contributed by atoms with Crippen molar-refractivity contribution in [2.24, 2.45) is 0 Å². The quantitative estimate of drug-likeness (QED) is 0.736. The zero-order chi connectivity index (χ0) is 14.7. The fourth-order valence-electron chi connectivity index (χ4n) is 1.97. The molecule has 2 aromatic heterocycles. The van der Waals surface area contributed by atoms with E-state index in [0.29, 0.717) is 16.7 Å². The minimum absolute atomic E-state index is 0.217. The molecule has 0 fully saturated rings. The largest absolute Gasteiger partial charge is 0.492 e. The summed E-state index contributed by atoms with van der Waals surface area (Å²) in [4.78, 5) is 16.2. The molecule has 3 aromatic rings. The Morgan fingerprint density at radius 1 is 1.24 bits per heavy atom. The lowest BCUT2D eigenvalue weighted by atomic mass is 10.3. The number of halogens is 1. The number of ether oxygens (including phenoxy) is 1. The van der Waals surface area contributed by atoms with Crippen molar-refractivity contribution in [2.45, 2.75) is 6.54 Å². The van der Waals surface area contributed by atoms with Crippen molar-refractivity contribution < 1.29 is 9.13 Å². The van der Waals surface area contributed by atoms with E-state index in [1.807, 2.05) is 0 Å². The van der Waals surface area contributed by atoms with E-state index in [-0.39, 0.29) is 24.5 Å². The summed E-state index contributed by atoms with van der Waals surface area (Å²) in [5.41, 5.74) is 0.106. The van der Waals surface area contributed by atoms with Gasteiger partial charge in [0.1, 0.15) is 23.7 Å². The first-order valence-electron chi connectivity index (χ1n) is 6.43. The smallest absolute Gasteiger partial charge is 0.293 e. The van der Waals surface area contributed by atoms with Gasteiger partial charge in [-0.2, -0.15) is 5.10 Å². The van der Waals surface area contributed by atoms with Crippen LogP contribution in [-0.2, 0) is 6.54 Å². The summed E-state index contributed by atoms with van der Waals surface area (Å²) in [6, 6.07) is 9.38. The molecule has 0 aliphatic rings. The van der Waals surface area contributed by atoms with Crippen molar-refractivity contribution in [3.05, 3.63) is 65.0 Å². The molecule has 0 spiro atoms. The van der Waals surface area contributed by atoms with Gasteiger partial charge in [-0.15, -0.1) is 0 Å². The number of hydrogen-bond acceptors (Lipinski definition) is 4. The van der Waals surface area contributed by atoms with Crippen LogP contribution in [0.15, 0.2) is 53.6 Å². The summed E-state index contributed by atoms with van der Waals surface area (Å²) in [6.07, 6.45) is 3.16. The number of fused-ring (bicyclic) bond motifs is 1. The molecular formula is C15H12FN3O2. The molecule has 21 heavy (non-hydrogen) atoms. The van der Waals surface area contributed by atoms with Crippen LogP contribution in [0.4, 0.5) is 4.39 Å². The molecule has 1 aromatic carbocycles. The lowest BCUT2D eigenvalue weighted by Gasteiger charge is -2.08. The number of benzene rings is 1. The van der Waals surface area contributed by atoms with Crippen LogP contribution >= 0.6 is 0 Å². The highest BCUT2D eigenvalue weighted by Crippen LogP contribution is 2.11. The Morgan fingerprint density at radius 2 is 2.14 bits per heavy atom. The summed E-state index contributed by atoms with van der Waals surface area (Å²) >= 11 is 0. The Bertz CT molecular complexity index is 832. The molecule has 2 heterocycles. The summed E-state index contributed by atoms with van der Waals surface area (Å²) in [6.45, 7) is 0.483. The van der Waals surface area contributed by atoms with Crippen LogP contribution in [-0.4, -0.2) is 21.4 Å². The zero-order valence-corrected chi connectivity index (χ0v) is 11.1. The molecule has 0 amide bonds. The van der Waals surface area contributed by atoms with Gasteiger partial charge in [0.25, 0.3) is 5.56 Å². The Labute approximate surface area is 119 Å². The van der Waals surface area contributed by atoms with E-state index in [0.717, 1.165) is 0 Å². The highest BCUT2D eigenvalue weighted by molar-refractivity contribution is 5.75. The monoisotopic (exact) mass is 285 g/mol. The van der Waals surface area contributed by atoms with Crippen LogP contribution in [0.5, 0.6) is 5.75 Å². The lowest BCUT2D eigenvalue weighted by Crippen LogP contribution is -2.26. The standard InChI is InChI=1S/C15H12FN3O2/c16-12-4-1-5-13(9-12)21-8-7-19-15(20)14-11(10-18-19)3-2-6-17-14/h1-6,9-10H,7-8H2. The normalized spacial score (nSPS) is 10.7. The van der Waals surface area contributed by atoms with Crippen molar-refractivity contribution in [1.82, 2.24) is 14.8 Å². The second-order valence-corrected chi connectivity index (χ2v) is 4.42. The fraction of sp³-hybridized carbons (Fsp3) is 0.133. The van der Waals surface area contributed by atoms with Gasteiger partial charge in [-0.1, -0.05) is 6.07 Å². The topological polar surface area (TPSA) is 57.0 Å². The number of hydrogen-bond donors (Lipinski definition) is 0. The molecule has 0 saturated heterocycles. The molecule has 6 heteroatoms. The maximum absolute atomic E-state index is 13.0. The van der Waals surface area contributed by atoms with Crippen molar-refractivity contribution >= 4 is 10.9 Å². The van der Waals surface area contributed by atoms with Gasteiger partial charge in [0.2, 0.25) is 0 Å². The molecule has 3 rings (SSSR count). The Balaban J connectivity index is 1.74. The first kappa shape index (κ1) is 13.2. The van der Waals surface area contributed by atoms with Gasteiger partial charge in [0.15, 0.2) is 0 Å². The van der Waals surface area contributed by atoms with Gasteiger partial charge in [-0.05, 0) is 24.3 Å². The molecule has 0 bridgehead atoms. The molecule has 0 atom stereocenters. The van der Waals surface area contributed by atoms with Crippen molar-refractivity contribution in [3.63, 3.8) is 0 Å². The van der Waals surface area contributed by atoms with E-state index in [2.05, 4.69) is 10.1 Å². The van der Waals surface area contributed by atoms with Crippen LogP contribution in [0, 0.1) is 5.82 Å². The van der Waals surface area contributed by atoms with Gasteiger partial charge in [-0.3, -0.25) is 9.78 Å². The fourth-order valence-corrected chi connectivity index (χ4v) is 1.97. The van der Waals surface area contributed by atoms with Gasteiger partial charge in [-0.25, -0.2) is 9.07 Å². The highest BCUT2D eigenvalue weighted by Gasteiger charge is 2.05. The van der Waals surface area contributed by atoms with E-state index in [4.69, 9.17) is 4.74 Å². The number of aromatic nitrogens is 3. The third-order valence-electron chi connectivity index (χ3n) is 2.98. The average molecular weight is 285 g/mol. The van der Waals surface area contributed by atoms with Crippen LogP contribution in [0.25, 0.3) is 10.9 Å². The first-order valence-corrected chi connectivity index (χ1v) is 6.43. The molecule has 106 valence electrons. The summed E-state index contributed by atoms with van der Waals surface area (Å²) in [5, 5.41) is 4.76. The summed E-state index contributed by atoms with van der Waals surface area (Å²) in [5.74, 6) is 0.0552. The summed E-state index contributed by atoms with van der Waals surface area (Å²) in [7, 11) is 0. The molecule has 0 saturated carbocycles. The second kappa shape index (κ2) is 5.70. The predicted molar refractivity (Wildman–Crippen MR) is 75.7 cm³/mol. The Hall–Kier alpha value is -2.76. The number of nitrogens with zero attached hydrogens (tertiary/aromatic N) is 3. The van der Waals surface area contributed by atoms with Crippen molar-refractivity contribution in [2.75, 3.05) is 6.61 Å². The number of rotatable bonds is 4. The second-order valence-electron chi connectivity index (χ2n) is 4.42. The van der Waals surface area contributed by atoms with Gasteiger partial charge >= 0.3 is 0 Å². The molecule has 0 aliphatic heterocycles. The molecule has 0 N–H and O–H groups in total.